The fraction of sp³-hybridized carbons (Fsp3) is 0.385. The van der Waals surface area contributed by atoms with Crippen molar-refractivity contribution in [3.8, 4) is 0 Å². The molecule has 1 aliphatic rings. The molecule has 0 spiro atoms. The van der Waals surface area contributed by atoms with Gasteiger partial charge in [-0.25, -0.2) is 9.78 Å². The molecule has 0 radical (unpaired) electrons. The largest absolute Gasteiger partial charge is 0.478 e. The Morgan fingerprint density at radius 1 is 1.43 bits per heavy atom. The first-order chi connectivity index (χ1) is 9.15. The third-order valence-corrected chi connectivity index (χ3v) is 3.25. The molecule has 0 atom stereocenters. The first-order valence-electron chi connectivity index (χ1n) is 6.19. The summed E-state index contributed by atoms with van der Waals surface area (Å²) in [5.74, 6) is -0.339. The minimum Gasteiger partial charge on any atom is -0.478 e. The van der Waals surface area contributed by atoms with Crippen molar-refractivity contribution < 1.29 is 9.90 Å². The lowest BCUT2D eigenvalue weighted by atomic mass is 10.1. The van der Waals surface area contributed by atoms with E-state index in [9.17, 15) is 4.79 Å². The maximum atomic E-state index is 10.4. The molecule has 1 fully saturated rings. The van der Waals surface area contributed by atoms with Crippen molar-refractivity contribution in [3.05, 3.63) is 28.9 Å². The normalized spacial score (nSPS) is 15.1. The van der Waals surface area contributed by atoms with Gasteiger partial charge in [0.15, 0.2) is 0 Å². The maximum Gasteiger partial charge on any atom is 0.328 e. The van der Waals surface area contributed by atoms with E-state index in [1.807, 2.05) is 0 Å². The smallest absolute Gasteiger partial charge is 0.328 e. The first-order valence-corrected chi connectivity index (χ1v) is 6.57. The molecule has 1 aromatic rings. The van der Waals surface area contributed by atoms with Crippen LogP contribution in [0.25, 0.3) is 6.08 Å². The molecule has 3 N–H and O–H groups in total. The van der Waals surface area contributed by atoms with Crippen LogP contribution in [0.15, 0.2) is 18.3 Å². The van der Waals surface area contributed by atoms with Crippen LogP contribution in [0.1, 0.15) is 18.4 Å². The van der Waals surface area contributed by atoms with Gasteiger partial charge in [-0.2, -0.15) is 0 Å². The minimum atomic E-state index is -0.993. The van der Waals surface area contributed by atoms with Crippen LogP contribution in [0.3, 0.4) is 0 Å². The topological polar surface area (TPSA) is 74.2 Å². The molecular weight excluding hydrogens is 337 g/mol. The van der Waals surface area contributed by atoms with E-state index in [1.54, 1.807) is 12.3 Å². The summed E-state index contributed by atoms with van der Waals surface area (Å²) in [4.78, 5) is 14.7. The SMILES string of the molecule is Cl.Cl.O=C(O)C=Cc1cnc(NC2CCNCC2)c(Cl)c1. The number of anilines is 1. The van der Waals surface area contributed by atoms with Gasteiger partial charge in [0.25, 0.3) is 0 Å². The zero-order valence-electron chi connectivity index (χ0n) is 11.2. The van der Waals surface area contributed by atoms with Gasteiger partial charge in [-0.15, -0.1) is 24.8 Å². The molecule has 2 heterocycles. The number of hydrogen-bond acceptors (Lipinski definition) is 4. The van der Waals surface area contributed by atoms with Gasteiger partial charge in [0.05, 0.1) is 5.02 Å². The molecule has 2 rings (SSSR count). The summed E-state index contributed by atoms with van der Waals surface area (Å²) in [7, 11) is 0. The first kappa shape index (κ1) is 20.0. The summed E-state index contributed by atoms with van der Waals surface area (Å²) < 4.78 is 0. The number of aromatic nitrogens is 1. The highest BCUT2D eigenvalue weighted by molar-refractivity contribution is 6.33. The van der Waals surface area contributed by atoms with Crippen LogP contribution < -0.4 is 10.6 Å². The van der Waals surface area contributed by atoms with E-state index >= 15 is 0 Å². The van der Waals surface area contributed by atoms with E-state index in [2.05, 4.69) is 15.6 Å². The molecule has 5 nitrogen and oxygen atoms in total. The van der Waals surface area contributed by atoms with Crippen molar-refractivity contribution >= 4 is 54.3 Å². The monoisotopic (exact) mass is 353 g/mol. The molecule has 0 amide bonds. The molecule has 0 aromatic carbocycles. The molecule has 1 aliphatic heterocycles. The number of carboxylic acids is 1. The molecule has 21 heavy (non-hydrogen) atoms. The third kappa shape index (κ3) is 6.52. The number of carbonyl (C=O) groups is 1. The van der Waals surface area contributed by atoms with Crippen LogP contribution in [0.2, 0.25) is 5.02 Å². The van der Waals surface area contributed by atoms with Crippen molar-refractivity contribution in [1.82, 2.24) is 10.3 Å². The third-order valence-electron chi connectivity index (χ3n) is 2.96. The van der Waals surface area contributed by atoms with E-state index in [-0.39, 0.29) is 24.8 Å². The van der Waals surface area contributed by atoms with Gasteiger partial charge >= 0.3 is 5.97 Å². The number of hydrogen-bond donors (Lipinski definition) is 3. The van der Waals surface area contributed by atoms with Crippen LogP contribution in [-0.4, -0.2) is 35.2 Å². The zero-order chi connectivity index (χ0) is 13.7. The Kier molecular flexibility index (Phi) is 9.37. The number of piperidine rings is 1. The fourth-order valence-electron chi connectivity index (χ4n) is 1.98. The van der Waals surface area contributed by atoms with Gasteiger partial charge in [-0.3, -0.25) is 0 Å². The average molecular weight is 355 g/mol. The van der Waals surface area contributed by atoms with Crippen LogP contribution >= 0.6 is 36.4 Å². The number of nitrogens with zero attached hydrogens (tertiary/aromatic N) is 1. The number of nitrogens with one attached hydrogen (secondary N) is 2. The van der Waals surface area contributed by atoms with Crippen LogP contribution in [-0.2, 0) is 4.79 Å². The second kappa shape index (κ2) is 9.84. The van der Waals surface area contributed by atoms with Crippen molar-refractivity contribution in [1.29, 1.82) is 0 Å². The van der Waals surface area contributed by atoms with Crippen molar-refractivity contribution in [2.24, 2.45) is 0 Å². The number of carboxylic acid groups (broad SMARTS) is 1. The van der Waals surface area contributed by atoms with Gasteiger partial charge in [-0.05, 0) is 43.6 Å². The molecule has 0 aliphatic carbocycles. The molecule has 0 saturated carbocycles. The van der Waals surface area contributed by atoms with Crippen molar-refractivity contribution in [3.63, 3.8) is 0 Å². The lowest BCUT2D eigenvalue weighted by molar-refractivity contribution is -0.131. The fourth-order valence-corrected chi connectivity index (χ4v) is 2.21. The van der Waals surface area contributed by atoms with E-state index < -0.39 is 5.97 Å². The Balaban J connectivity index is 0.00000200. The second-order valence-corrected chi connectivity index (χ2v) is 4.85. The highest BCUT2D eigenvalue weighted by Gasteiger charge is 2.14. The predicted molar refractivity (Wildman–Crippen MR) is 89.9 cm³/mol. The Morgan fingerprint density at radius 2 is 2.10 bits per heavy atom. The summed E-state index contributed by atoms with van der Waals surface area (Å²) >= 11 is 6.14. The van der Waals surface area contributed by atoms with Gasteiger partial charge in [0.1, 0.15) is 5.82 Å². The predicted octanol–water partition coefficient (Wildman–Crippen LogP) is 2.84. The number of rotatable bonds is 4. The molecule has 0 bridgehead atoms. The summed E-state index contributed by atoms with van der Waals surface area (Å²) in [6.45, 7) is 1.99. The molecule has 1 saturated heterocycles. The molecule has 0 unspecified atom stereocenters. The summed E-state index contributed by atoms with van der Waals surface area (Å²) in [5.41, 5.74) is 0.670. The zero-order valence-corrected chi connectivity index (χ0v) is 13.6. The quantitative estimate of drug-likeness (QED) is 0.725. The summed E-state index contributed by atoms with van der Waals surface area (Å²) in [6.07, 6.45) is 6.22. The van der Waals surface area contributed by atoms with E-state index in [4.69, 9.17) is 16.7 Å². The summed E-state index contributed by atoms with van der Waals surface area (Å²) in [6, 6.07) is 2.09. The Bertz CT molecular complexity index is 492. The van der Waals surface area contributed by atoms with E-state index in [0.29, 0.717) is 22.4 Å². The van der Waals surface area contributed by atoms with Gasteiger partial charge in [0, 0.05) is 18.3 Å². The molecule has 118 valence electrons. The summed E-state index contributed by atoms with van der Waals surface area (Å²) in [5, 5.41) is 15.7. The van der Waals surface area contributed by atoms with Gasteiger partial charge < -0.3 is 15.7 Å². The average Bonchev–Trinajstić information content (AvgIpc) is 2.40. The number of pyridine rings is 1. The highest BCUT2D eigenvalue weighted by Crippen LogP contribution is 2.22. The van der Waals surface area contributed by atoms with Crippen LogP contribution in [0.4, 0.5) is 5.82 Å². The lowest BCUT2D eigenvalue weighted by Crippen LogP contribution is -2.35. The van der Waals surface area contributed by atoms with E-state index in [0.717, 1.165) is 32.0 Å². The highest BCUT2D eigenvalue weighted by atomic mass is 35.5. The standard InChI is InChI=1S/C13H16ClN3O2.2ClH/c14-11-7-9(1-2-12(18)19)8-16-13(11)17-10-3-5-15-6-4-10;;/h1-2,7-8,10,15H,3-6H2,(H,16,17)(H,18,19);2*1H. The number of aliphatic carboxylic acids is 1. The van der Waals surface area contributed by atoms with E-state index in [1.165, 1.54) is 6.08 Å². The maximum absolute atomic E-state index is 10.4. The Labute approximate surface area is 141 Å². The van der Waals surface area contributed by atoms with Gasteiger partial charge in [-0.1, -0.05) is 11.6 Å². The lowest BCUT2D eigenvalue weighted by Gasteiger charge is -2.24. The minimum absolute atomic E-state index is 0. The Morgan fingerprint density at radius 3 is 2.67 bits per heavy atom. The molecule has 1 aromatic heterocycles. The second-order valence-electron chi connectivity index (χ2n) is 4.44. The van der Waals surface area contributed by atoms with Gasteiger partial charge in [0.2, 0.25) is 0 Å². The number of halogens is 3. The van der Waals surface area contributed by atoms with Crippen molar-refractivity contribution in [2.45, 2.75) is 18.9 Å². The molecular formula is C13H18Cl3N3O2. The van der Waals surface area contributed by atoms with Crippen molar-refractivity contribution in [2.75, 3.05) is 18.4 Å². The van der Waals surface area contributed by atoms with Crippen LogP contribution in [0, 0.1) is 0 Å². The molecule has 8 heteroatoms. The van der Waals surface area contributed by atoms with Crippen LogP contribution in [0.5, 0.6) is 0 Å². The Hall–Kier alpha value is -1.01.